The van der Waals surface area contributed by atoms with Crippen LogP contribution in [0, 0.1) is 0 Å². The number of rotatable bonds is 4. The van der Waals surface area contributed by atoms with Gasteiger partial charge < -0.3 is 21.7 Å². The number of carboxylic acids is 1. The van der Waals surface area contributed by atoms with E-state index in [-0.39, 0.29) is 18.1 Å². The van der Waals surface area contributed by atoms with Gasteiger partial charge in [0, 0.05) is 18.0 Å². The lowest BCUT2D eigenvalue weighted by Crippen LogP contribution is -2.32. The summed E-state index contributed by atoms with van der Waals surface area (Å²) < 4.78 is 1.36. The van der Waals surface area contributed by atoms with Crippen molar-refractivity contribution in [3.8, 4) is 5.75 Å². The van der Waals surface area contributed by atoms with Gasteiger partial charge in [-0.1, -0.05) is 0 Å². The minimum atomic E-state index is -1.13. The zero-order valence-electron chi connectivity index (χ0n) is 11.5. The zero-order valence-corrected chi connectivity index (χ0v) is 11.5. The van der Waals surface area contributed by atoms with Crippen LogP contribution in [0.3, 0.4) is 0 Å². The van der Waals surface area contributed by atoms with Crippen molar-refractivity contribution in [3.63, 3.8) is 0 Å². The Morgan fingerprint density at radius 2 is 2.00 bits per heavy atom. The van der Waals surface area contributed by atoms with Gasteiger partial charge in [-0.15, -0.1) is 0 Å². The molecule has 0 radical (unpaired) electrons. The Bertz CT molecular complexity index is 706. The minimum Gasteiger partial charge on any atom is -0.508 e. The Morgan fingerprint density at radius 3 is 2.57 bits per heavy atom. The SMILES string of the molecule is C[C@H](N)C(=O)n1cc(C[C@H](N)C(=O)O)c2cc(O)ccc21. The Labute approximate surface area is 120 Å². The van der Waals surface area contributed by atoms with E-state index in [0.717, 1.165) is 0 Å². The summed E-state index contributed by atoms with van der Waals surface area (Å²) in [6, 6.07) is 2.73. The van der Waals surface area contributed by atoms with E-state index >= 15 is 0 Å². The molecule has 6 N–H and O–H groups in total. The lowest BCUT2D eigenvalue weighted by molar-refractivity contribution is -0.138. The molecule has 0 amide bonds. The number of benzene rings is 1. The number of carbonyl (C=O) groups is 2. The monoisotopic (exact) mass is 291 g/mol. The summed E-state index contributed by atoms with van der Waals surface area (Å²) in [5.74, 6) is -1.42. The molecule has 7 nitrogen and oxygen atoms in total. The second kappa shape index (κ2) is 5.55. The molecule has 0 aliphatic heterocycles. The number of carbonyl (C=O) groups excluding carboxylic acids is 1. The van der Waals surface area contributed by atoms with Crippen molar-refractivity contribution >= 4 is 22.8 Å². The van der Waals surface area contributed by atoms with Crippen LogP contribution >= 0.6 is 0 Å². The van der Waals surface area contributed by atoms with Gasteiger partial charge in [0.25, 0.3) is 0 Å². The van der Waals surface area contributed by atoms with Gasteiger partial charge in [-0.3, -0.25) is 14.2 Å². The highest BCUT2D eigenvalue weighted by atomic mass is 16.4. The highest BCUT2D eigenvalue weighted by Gasteiger charge is 2.20. The van der Waals surface area contributed by atoms with Crippen LogP contribution in [0.4, 0.5) is 0 Å². The standard InChI is InChI=1S/C14H17N3O4/c1-7(15)13(19)17-6-8(4-11(16)14(20)21)10-5-9(18)2-3-12(10)17/h2-3,5-7,11,18H,4,15-16H2,1H3,(H,20,21)/t7-,11-/m0/s1. The van der Waals surface area contributed by atoms with Crippen molar-refractivity contribution in [1.82, 2.24) is 4.57 Å². The van der Waals surface area contributed by atoms with Crippen molar-refractivity contribution in [2.75, 3.05) is 0 Å². The van der Waals surface area contributed by atoms with E-state index in [4.69, 9.17) is 16.6 Å². The Morgan fingerprint density at radius 1 is 1.33 bits per heavy atom. The number of aromatic hydroxyl groups is 1. The van der Waals surface area contributed by atoms with Gasteiger partial charge in [-0.05, 0) is 30.7 Å². The number of aliphatic carboxylic acids is 1. The number of aromatic nitrogens is 1. The number of hydrogen-bond acceptors (Lipinski definition) is 5. The number of nitrogens with two attached hydrogens (primary N) is 2. The second-order valence-electron chi connectivity index (χ2n) is 5.00. The fourth-order valence-corrected chi connectivity index (χ4v) is 2.17. The molecule has 2 atom stereocenters. The van der Waals surface area contributed by atoms with Crippen molar-refractivity contribution in [2.24, 2.45) is 11.5 Å². The van der Waals surface area contributed by atoms with Crippen LogP contribution in [-0.4, -0.2) is 38.7 Å². The maximum Gasteiger partial charge on any atom is 0.320 e. The minimum absolute atomic E-state index is 0.0265. The summed E-state index contributed by atoms with van der Waals surface area (Å²) in [5, 5.41) is 19.1. The molecular formula is C14H17N3O4. The first kappa shape index (κ1) is 15.0. The number of fused-ring (bicyclic) bond motifs is 1. The van der Waals surface area contributed by atoms with E-state index in [2.05, 4.69) is 0 Å². The van der Waals surface area contributed by atoms with Crippen LogP contribution in [0.15, 0.2) is 24.4 Å². The fourth-order valence-electron chi connectivity index (χ4n) is 2.17. The van der Waals surface area contributed by atoms with E-state index in [1.807, 2.05) is 0 Å². The maximum atomic E-state index is 12.1. The van der Waals surface area contributed by atoms with Crippen LogP contribution in [0.5, 0.6) is 5.75 Å². The van der Waals surface area contributed by atoms with E-state index < -0.39 is 18.1 Å². The molecule has 7 heteroatoms. The normalized spacial score (nSPS) is 14.0. The van der Waals surface area contributed by atoms with Crippen molar-refractivity contribution < 1.29 is 19.8 Å². The predicted molar refractivity (Wildman–Crippen MR) is 77.2 cm³/mol. The van der Waals surface area contributed by atoms with Gasteiger partial charge in [-0.2, -0.15) is 0 Å². The topological polar surface area (TPSA) is 132 Å². The zero-order chi connectivity index (χ0) is 15.7. The summed E-state index contributed by atoms with van der Waals surface area (Å²) in [5.41, 5.74) is 12.3. The maximum absolute atomic E-state index is 12.1. The van der Waals surface area contributed by atoms with Crippen LogP contribution in [-0.2, 0) is 11.2 Å². The van der Waals surface area contributed by atoms with Gasteiger partial charge in [-0.25, -0.2) is 0 Å². The smallest absolute Gasteiger partial charge is 0.320 e. The van der Waals surface area contributed by atoms with Crippen LogP contribution < -0.4 is 11.5 Å². The Kier molecular flexibility index (Phi) is 3.97. The van der Waals surface area contributed by atoms with Crippen molar-refractivity contribution in [1.29, 1.82) is 0 Å². The highest BCUT2D eigenvalue weighted by Crippen LogP contribution is 2.26. The third kappa shape index (κ3) is 2.88. The second-order valence-corrected chi connectivity index (χ2v) is 5.00. The van der Waals surface area contributed by atoms with Crippen molar-refractivity contribution in [2.45, 2.75) is 25.4 Å². The van der Waals surface area contributed by atoms with Crippen LogP contribution in [0.1, 0.15) is 17.3 Å². The molecule has 0 saturated carbocycles. The molecule has 2 aromatic rings. The predicted octanol–water partition coefficient (Wildman–Crippen LogP) is 0.289. The van der Waals surface area contributed by atoms with Gasteiger partial charge >= 0.3 is 5.97 Å². The molecule has 0 spiro atoms. The highest BCUT2D eigenvalue weighted by molar-refractivity contribution is 5.97. The Balaban J connectivity index is 2.57. The first-order valence-corrected chi connectivity index (χ1v) is 6.42. The van der Waals surface area contributed by atoms with Gasteiger partial charge in [0.05, 0.1) is 11.6 Å². The van der Waals surface area contributed by atoms with Crippen molar-refractivity contribution in [3.05, 3.63) is 30.0 Å². The molecule has 0 fully saturated rings. The first-order valence-electron chi connectivity index (χ1n) is 6.42. The molecule has 0 bridgehead atoms. The lowest BCUT2D eigenvalue weighted by Gasteiger charge is -2.06. The number of phenols is 1. The van der Waals surface area contributed by atoms with Gasteiger partial charge in [0.15, 0.2) is 0 Å². The molecule has 0 aliphatic rings. The van der Waals surface area contributed by atoms with Gasteiger partial charge in [0.2, 0.25) is 5.91 Å². The molecule has 0 saturated heterocycles. The molecule has 1 heterocycles. The molecular weight excluding hydrogens is 274 g/mol. The number of phenolic OH excluding ortho intramolecular Hbond substituents is 1. The molecule has 21 heavy (non-hydrogen) atoms. The van der Waals surface area contributed by atoms with Crippen LogP contribution in [0.25, 0.3) is 10.9 Å². The average molecular weight is 291 g/mol. The summed E-state index contributed by atoms with van der Waals surface area (Å²) in [6.45, 7) is 1.57. The number of nitrogens with zero attached hydrogens (tertiary/aromatic N) is 1. The van der Waals surface area contributed by atoms with E-state index in [0.29, 0.717) is 16.5 Å². The molecule has 112 valence electrons. The quantitative estimate of drug-likeness (QED) is 0.640. The van der Waals surface area contributed by atoms with E-state index in [1.165, 1.54) is 22.9 Å². The first-order chi connectivity index (χ1) is 9.81. The molecule has 0 aliphatic carbocycles. The molecule has 1 aromatic heterocycles. The lowest BCUT2D eigenvalue weighted by atomic mass is 10.1. The van der Waals surface area contributed by atoms with E-state index in [1.54, 1.807) is 13.0 Å². The number of carboxylic acid groups (broad SMARTS) is 1. The number of hydrogen-bond donors (Lipinski definition) is 4. The van der Waals surface area contributed by atoms with Gasteiger partial charge in [0.1, 0.15) is 11.8 Å². The van der Waals surface area contributed by atoms with Crippen LogP contribution in [0.2, 0.25) is 0 Å². The molecule has 2 rings (SSSR count). The third-order valence-corrected chi connectivity index (χ3v) is 3.25. The largest absolute Gasteiger partial charge is 0.508 e. The average Bonchev–Trinajstić information content (AvgIpc) is 2.75. The summed E-state index contributed by atoms with van der Waals surface area (Å²) >= 11 is 0. The summed E-state index contributed by atoms with van der Waals surface area (Å²) in [7, 11) is 0. The summed E-state index contributed by atoms with van der Waals surface area (Å²) in [6.07, 6.45) is 1.58. The fraction of sp³-hybridized carbons (Fsp3) is 0.286. The van der Waals surface area contributed by atoms with E-state index in [9.17, 15) is 14.7 Å². The Hall–Kier alpha value is -2.38. The molecule has 0 unspecified atom stereocenters. The third-order valence-electron chi connectivity index (χ3n) is 3.25. The molecule has 1 aromatic carbocycles. The summed E-state index contributed by atoms with van der Waals surface area (Å²) in [4.78, 5) is 23.0.